The van der Waals surface area contributed by atoms with Crippen molar-refractivity contribution < 1.29 is 4.79 Å². The molecule has 60 valence electrons. The molecule has 0 saturated carbocycles. The fourth-order valence-corrected chi connectivity index (χ4v) is 1.28. The lowest BCUT2D eigenvalue weighted by molar-refractivity contribution is -0.115. The first-order valence-electron chi connectivity index (χ1n) is 3.04. The van der Waals surface area contributed by atoms with Crippen LogP contribution >= 0.6 is 24.0 Å². The highest BCUT2D eigenvalue weighted by Gasteiger charge is 2.02. The molecule has 0 aliphatic heterocycles. The van der Waals surface area contributed by atoms with Crippen LogP contribution in [0, 0.1) is 0 Å². The summed E-state index contributed by atoms with van der Waals surface area (Å²) in [4.78, 5) is 10.8. The van der Waals surface area contributed by atoms with Gasteiger partial charge in [-0.2, -0.15) is 0 Å². The molecule has 0 aliphatic carbocycles. The highest BCUT2D eigenvalue weighted by atomic mass is 32.2. The zero-order valence-corrected chi connectivity index (χ0v) is 7.58. The van der Waals surface area contributed by atoms with Crippen molar-refractivity contribution in [2.75, 3.05) is 5.32 Å². The van der Waals surface area contributed by atoms with Crippen LogP contribution in [0.2, 0.25) is 0 Å². The van der Waals surface area contributed by atoms with E-state index in [1.165, 1.54) is 11.3 Å². The summed E-state index contributed by atoms with van der Waals surface area (Å²) in [6.45, 7) is 1.78. The van der Waals surface area contributed by atoms with Gasteiger partial charge in [0.05, 0.1) is 0 Å². The van der Waals surface area contributed by atoms with Crippen molar-refractivity contribution in [2.24, 2.45) is 0 Å². The molecular weight excluding hydrogens is 182 g/mol. The highest BCUT2D eigenvalue weighted by Crippen LogP contribution is 2.17. The number of amides is 1. The fourth-order valence-electron chi connectivity index (χ4n) is 0.474. The third-order valence-electron chi connectivity index (χ3n) is 0.982. The monoisotopic (exact) mass is 189 g/mol. The summed E-state index contributed by atoms with van der Waals surface area (Å²) >= 11 is 5.19. The summed E-state index contributed by atoms with van der Waals surface area (Å²) < 4.78 is 0.552. The van der Waals surface area contributed by atoms with Gasteiger partial charge in [0.1, 0.15) is 0 Å². The summed E-state index contributed by atoms with van der Waals surface area (Å²) in [6.07, 6.45) is 0.446. The SMILES string of the molecule is CCC(=O)Nc1nnc(S)s1. The Hall–Kier alpha value is -0.620. The first-order chi connectivity index (χ1) is 5.22. The zero-order valence-electron chi connectivity index (χ0n) is 5.87. The van der Waals surface area contributed by atoms with E-state index in [2.05, 4.69) is 28.1 Å². The van der Waals surface area contributed by atoms with E-state index in [0.29, 0.717) is 15.9 Å². The Morgan fingerprint density at radius 1 is 1.73 bits per heavy atom. The molecule has 1 aromatic rings. The summed E-state index contributed by atoms with van der Waals surface area (Å²) in [7, 11) is 0. The van der Waals surface area contributed by atoms with Gasteiger partial charge in [0.2, 0.25) is 11.0 Å². The minimum absolute atomic E-state index is 0.0607. The Labute approximate surface area is 73.4 Å². The van der Waals surface area contributed by atoms with E-state index in [-0.39, 0.29) is 5.91 Å². The summed E-state index contributed by atoms with van der Waals surface area (Å²) in [5, 5.41) is 10.4. The molecule has 0 radical (unpaired) electrons. The van der Waals surface area contributed by atoms with Gasteiger partial charge in [0, 0.05) is 6.42 Å². The van der Waals surface area contributed by atoms with Gasteiger partial charge in [0.15, 0.2) is 4.34 Å². The zero-order chi connectivity index (χ0) is 8.27. The van der Waals surface area contributed by atoms with E-state index < -0.39 is 0 Å². The second-order valence-electron chi connectivity index (χ2n) is 1.79. The van der Waals surface area contributed by atoms with Crippen LogP contribution < -0.4 is 5.32 Å². The topological polar surface area (TPSA) is 54.9 Å². The van der Waals surface area contributed by atoms with Gasteiger partial charge in [-0.25, -0.2) is 0 Å². The Balaban J connectivity index is 2.57. The van der Waals surface area contributed by atoms with Gasteiger partial charge < -0.3 is 5.32 Å². The molecule has 1 heterocycles. The normalized spacial score (nSPS) is 9.64. The third-order valence-corrected chi connectivity index (χ3v) is 1.99. The fraction of sp³-hybridized carbons (Fsp3) is 0.400. The van der Waals surface area contributed by atoms with Crippen LogP contribution in [0.1, 0.15) is 13.3 Å². The Morgan fingerprint density at radius 3 is 2.91 bits per heavy atom. The van der Waals surface area contributed by atoms with E-state index in [9.17, 15) is 4.79 Å². The number of hydrogen-bond acceptors (Lipinski definition) is 5. The number of carbonyl (C=O) groups is 1. The maximum Gasteiger partial charge on any atom is 0.225 e. The lowest BCUT2D eigenvalue weighted by Gasteiger charge is -1.93. The maximum atomic E-state index is 10.8. The van der Waals surface area contributed by atoms with Crippen molar-refractivity contribution >= 4 is 35.0 Å². The molecule has 1 amide bonds. The highest BCUT2D eigenvalue weighted by molar-refractivity contribution is 7.82. The lowest BCUT2D eigenvalue weighted by Crippen LogP contribution is -2.08. The molecule has 0 atom stereocenters. The minimum atomic E-state index is -0.0607. The molecule has 6 heteroatoms. The predicted octanol–water partition coefficient (Wildman–Crippen LogP) is 1.18. The van der Waals surface area contributed by atoms with Crippen LogP contribution in [-0.4, -0.2) is 16.1 Å². The van der Waals surface area contributed by atoms with Gasteiger partial charge >= 0.3 is 0 Å². The van der Waals surface area contributed by atoms with Gasteiger partial charge in [-0.3, -0.25) is 4.79 Å². The molecule has 0 bridgehead atoms. The van der Waals surface area contributed by atoms with E-state index >= 15 is 0 Å². The van der Waals surface area contributed by atoms with E-state index in [0.717, 1.165) is 0 Å². The molecule has 0 fully saturated rings. The number of aromatic nitrogens is 2. The molecule has 1 aromatic heterocycles. The Bertz CT molecular complexity index is 260. The molecule has 0 unspecified atom stereocenters. The van der Waals surface area contributed by atoms with Crippen molar-refractivity contribution in [3.05, 3.63) is 0 Å². The summed E-state index contributed by atoms with van der Waals surface area (Å²) in [6, 6.07) is 0. The standard InChI is InChI=1S/C5H7N3OS2/c1-2-3(9)6-4-7-8-5(10)11-4/h2H2,1H3,(H,8,10)(H,6,7,9). The molecule has 4 nitrogen and oxygen atoms in total. The van der Waals surface area contributed by atoms with Crippen LogP contribution in [0.3, 0.4) is 0 Å². The Kier molecular flexibility index (Phi) is 2.84. The van der Waals surface area contributed by atoms with E-state index in [4.69, 9.17) is 0 Å². The molecule has 1 rings (SSSR count). The van der Waals surface area contributed by atoms with Gasteiger partial charge in [0.25, 0.3) is 0 Å². The number of rotatable bonds is 2. The van der Waals surface area contributed by atoms with Crippen molar-refractivity contribution in [2.45, 2.75) is 17.7 Å². The van der Waals surface area contributed by atoms with Gasteiger partial charge in [-0.15, -0.1) is 22.8 Å². The van der Waals surface area contributed by atoms with Crippen molar-refractivity contribution in [1.82, 2.24) is 10.2 Å². The second kappa shape index (κ2) is 3.68. The van der Waals surface area contributed by atoms with Gasteiger partial charge in [-0.05, 0) is 0 Å². The summed E-state index contributed by atoms with van der Waals surface area (Å²) in [5.41, 5.74) is 0. The molecule has 0 spiro atoms. The number of hydrogen-bond donors (Lipinski definition) is 2. The molecule has 1 N–H and O–H groups in total. The van der Waals surface area contributed by atoms with Crippen molar-refractivity contribution in [1.29, 1.82) is 0 Å². The number of nitrogens with one attached hydrogen (secondary N) is 1. The minimum Gasteiger partial charge on any atom is -0.301 e. The van der Waals surface area contributed by atoms with Crippen LogP contribution in [-0.2, 0) is 4.79 Å². The molecule has 0 aromatic carbocycles. The maximum absolute atomic E-state index is 10.8. The Morgan fingerprint density at radius 2 is 2.45 bits per heavy atom. The molecular formula is C5H7N3OS2. The lowest BCUT2D eigenvalue weighted by atomic mass is 10.5. The van der Waals surface area contributed by atoms with Crippen LogP contribution in [0.4, 0.5) is 5.13 Å². The largest absolute Gasteiger partial charge is 0.301 e. The van der Waals surface area contributed by atoms with Crippen LogP contribution in [0.15, 0.2) is 4.34 Å². The first kappa shape index (κ1) is 8.48. The average Bonchev–Trinajstić information content (AvgIpc) is 2.35. The number of thiol groups is 1. The number of nitrogens with zero attached hydrogens (tertiary/aromatic N) is 2. The van der Waals surface area contributed by atoms with Crippen molar-refractivity contribution in [3.8, 4) is 0 Å². The molecule has 0 saturated heterocycles. The third kappa shape index (κ3) is 2.47. The first-order valence-corrected chi connectivity index (χ1v) is 4.31. The van der Waals surface area contributed by atoms with Crippen LogP contribution in [0.5, 0.6) is 0 Å². The van der Waals surface area contributed by atoms with Gasteiger partial charge in [-0.1, -0.05) is 18.3 Å². The predicted molar refractivity (Wildman–Crippen MR) is 46.1 cm³/mol. The molecule has 11 heavy (non-hydrogen) atoms. The average molecular weight is 189 g/mol. The number of carbonyl (C=O) groups excluding carboxylic acids is 1. The molecule has 0 aliphatic rings. The van der Waals surface area contributed by atoms with Crippen LogP contribution in [0.25, 0.3) is 0 Å². The second-order valence-corrected chi connectivity index (χ2v) is 3.50. The van der Waals surface area contributed by atoms with E-state index in [1.54, 1.807) is 6.92 Å². The number of anilines is 1. The summed E-state index contributed by atoms with van der Waals surface area (Å²) in [5.74, 6) is -0.0607. The smallest absolute Gasteiger partial charge is 0.225 e. The quantitative estimate of drug-likeness (QED) is 0.542. The van der Waals surface area contributed by atoms with Crippen molar-refractivity contribution in [3.63, 3.8) is 0 Å². The van der Waals surface area contributed by atoms with E-state index in [1.807, 2.05) is 0 Å².